The van der Waals surface area contributed by atoms with Crippen molar-refractivity contribution >= 4 is 21.9 Å². The van der Waals surface area contributed by atoms with E-state index in [-0.39, 0.29) is 11.8 Å². The molecule has 10 aromatic rings. The second kappa shape index (κ2) is 13.6. The van der Waals surface area contributed by atoms with Crippen molar-refractivity contribution < 1.29 is 4.42 Å². The Balaban J connectivity index is 1.08. The number of allylic oxidation sites excluding steroid dienone is 4. The van der Waals surface area contributed by atoms with Gasteiger partial charge in [-0.25, -0.2) is 9.97 Å². The zero-order valence-corrected chi connectivity index (χ0v) is 33.7. The number of aromatic nitrogens is 2. The Bertz CT molecular complexity index is 3440. The van der Waals surface area contributed by atoms with Crippen LogP contribution in [0.25, 0.3) is 78.1 Å². The van der Waals surface area contributed by atoms with E-state index in [4.69, 9.17) is 14.4 Å². The van der Waals surface area contributed by atoms with E-state index in [0.717, 1.165) is 61.1 Å². The van der Waals surface area contributed by atoms with Crippen LogP contribution in [0.5, 0.6) is 0 Å². The summed E-state index contributed by atoms with van der Waals surface area (Å²) in [5.41, 5.74) is 18.4. The molecule has 290 valence electrons. The van der Waals surface area contributed by atoms with E-state index in [2.05, 4.69) is 206 Å². The quantitative estimate of drug-likeness (QED) is 0.178. The Morgan fingerprint density at radius 1 is 0.387 bits per heavy atom. The van der Waals surface area contributed by atoms with Crippen LogP contribution in [0.1, 0.15) is 45.2 Å². The van der Waals surface area contributed by atoms with Gasteiger partial charge in [0.15, 0.2) is 5.82 Å². The smallest absolute Gasteiger partial charge is 0.160 e. The van der Waals surface area contributed by atoms with Crippen LogP contribution in [0.4, 0.5) is 0 Å². The third kappa shape index (κ3) is 5.06. The van der Waals surface area contributed by atoms with Crippen molar-refractivity contribution in [2.75, 3.05) is 0 Å². The summed E-state index contributed by atoms with van der Waals surface area (Å²) in [6, 6.07) is 70.3. The highest BCUT2D eigenvalue weighted by Gasteiger charge is 2.51. The fraction of sp³-hybridized carbons (Fsp3) is 0.0508. The lowest BCUT2D eigenvalue weighted by molar-refractivity contribution is 0.670. The molecule has 62 heavy (non-hydrogen) atoms. The molecule has 0 saturated carbocycles. The van der Waals surface area contributed by atoms with Crippen LogP contribution in [0.3, 0.4) is 0 Å². The average molecular weight is 791 g/mol. The van der Waals surface area contributed by atoms with E-state index in [0.29, 0.717) is 5.82 Å². The number of furan rings is 1. The molecule has 0 radical (unpaired) electrons. The number of nitrogens with zero attached hydrogens (tertiary/aromatic N) is 2. The first-order chi connectivity index (χ1) is 30.7. The first-order valence-corrected chi connectivity index (χ1v) is 21.5. The number of rotatable bonds is 4. The maximum atomic E-state index is 6.63. The minimum atomic E-state index is -0.571. The summed E-state index contributed by atoms with van der Waals surface area (Å²) in [7, 11) is 0. The summed E-state index contributed by atoms with van der Waals surface area (Å²) in [6.45, 7) is 0. The highest BCUT2D eigenvalue weighted by Crippen LogP contribution is 2.62. The molecule has 13 rings (SSSR count). The molecule has 2 unspecified atom stereocenters. The molecular formula is C59H38N2O. The molecule has 3 nitrogen and oxygen atoms in total. The van der Waals surface area contributed by atoms with Crippen LogP contribution in [0.15, 0.2) is 223 Å². The van der Waals surface area contributed by atoms with Crippen molar-refractivity contribution in [2.24, 2.45) is 0 Å². The van der Waals surface area contributed by atoms with Gasteiger partial charge in [0, 0.05) is 39.3 Å². The normalized spacial score (nSPS) is 17.9. The number of para-hydroxylation sites is 2. The molecule has 0 aliphatic heterocycles. The molecule has 2 atom stereocenters. The fourth-order valence-electron chi connectivity index (χ4n) is 10.9. The van der Waals surface area contributed by atoms with Gasteiger partial charge in [-0.15, -0.1) is 0 Å². The molecule has 0 fully saturated rings. The summed E-state index contributed by atoms with van der Waals surface area (Å²) >= 11 is 0. The summed E-state index contributed by atoms with van der Waals surface area (Å²) in [5, 5.41) is 2.16. The van der Waals surface area contributed by atoms with Gasteiger partial charge >= 0.3 is 0 Å². The molecule has 8 aromatic carbocycles. The van der Waals surface area contributed by atoms with Gasteiger partial charge in [0.25, 0.3) is 0 Å². The van der Waals surface area contributed by atoms with Crippen LogP contribution in [-0.2, 0) is 5.41 Å². The lowest BCUT2D eigenvalue weighted by atomic mass is 9.66. The van der Waals surface area contributed by atoms with Gasteiger partial charge in [-0.1, -0.05) is 188 Å². The monoisotopic (exact) mass is 790 g/mol. The van der Waals surface area contributed by atoms with Gasteiger partial charge in [-0.05, 0) is 86.0 Å². The number of fused-ring (bicyclic) bond motifs is 15. The van der Waals surface area contributed by atoms with Crippen LogP contribution < -0.4 is 0 Å². The Morgan fingerprint density at radius 3 is 1.79 bits per heavy atom. The summed E-state index contributed by atoms with van der Waals surface area (Å²) < 4.78 is 6.63. The molecule has 1 spiro atoms. The van der Waals surface area contributed by atoms with Crippen molar-refractivity contribution in [2.45, 2.75) is 17.3 Å². The molecular weight excluding hydrogens is 753 g/mol. The minimum Gasteiger partial charge on any atom is -0.455 e. The molecule has 3 aliphatic carbocycles. The average Bonchev–Trinajstić information content (AvgIpc) is 3.84. The Labute approximate surface area is 360 Å². The van der Waals surface area contributed by atoms with Crippen molar-refractivity contribution in [3.63, 3.8) is 0 Å². The van der Waals surface area contributed by atoms with Gasteiger partial charge in [0.2, 0.25) is 0 Å². The molecule has 2 heterocycles. The molecule has 0 amide bonds. The topological polar surface area (TPSA) is 38.9 Å². The third-order valence-electron chi connectivity index (χ3n) is 13.6. The van der Waals surface area contributed by atoms with Gasteiger partial charge in [-0.2, -0.15) is 0 Å². The van der Waals surface area contributed by atoms with Gasteiger partial charge < -0.3 is 4.42 Å². The van der Waals surface area contributed by atoms with Gasteiger partial charge in [0.1, 0.15) is 11.2 Å². The lowest BCUT2D eigenvalue weighted by Gasteiger charge is -2.35. The second-order valence-electron chi connectivity index (χ2n) is 16.7. The van der Waals surface area contributed by atoms with Crippen molar-refractivity contribution in [1.29, 1.82) is 0 Å². The minimum absolute atomic E-state index is 0.214. The van der Waals surface area contributed by atoms with Crippen molar-refractivity contribution in [3.05, 3.63) is 252 Å². The predicted molar refractivity (Wildman–Crippen MR) is 252 cm³/mol. The molecule has 3 aliphatic rings. The Morgan fingerprint density at radius 2 is 0.984 bits per heavy atom. The van der Waals surface area contributed by atoms with E-state index >= 15 is 0 Å². The number of hydrogen-bond donors (Lipinski definition) is 0. The number of benzene rings is 8. The van der Waals surface area contributed by atoms with Crippen LogP contribution in [-0.4, -0.2) is 9.97 Å². The summed E-state index contributed by atoms with van der Waals surface area (Å²) in [5.74, 6) is 1.09. The van der Waals surface area contributed by atoms with E-state index in [1.165, 1.54) is 44.5 Å². The van der Waals surface area contributed by atoms with E-state index < -0.39 is 5.41 Å². The van der Waals surface area contributed by atoms with E-state index in [1.807, 2.05) is 12.1 Å². The zero-order valence-electron chi connectivity index (χ0n) is 33.7. The number of hydrogen-bond acceptors (Lipinski definition) is 3. The Kier molecular flexibility index (Phi) is 7.65. The fourth-order valence-corrected chi connectivity index (χ4v) is 10.9. The van der Waals surface area contributed by atoms with E-state index in [1.54, 1.807) is 0 Å². The first kappa shape index (κ1) is 34.9. The van der Waals surface area contributed by atoms with Crippen molar-refractivity contribution in [3.8, 4) is 56.2 Å². The summed E-state index contributed by atoms with van der Waals surface area (Å²) in [6.07, 6.45) is 9.23. The highest BCUT2D eigenvalue weighted by molar-refractivity contribution is 6.09. The molecule has 0 N–H and O–H groups in total. The van der Waals surface area contributed by atoms with Crippen LogP contribution >= 0.6 is 0 Å². The highest BCUT2D eigenvalue weighted by atomic mass is 16.3. The predicted octanol–water partition coefficient (Wildman–Crippen LogP) is 14.7. The SMILES string of the molecule is C1=CC2c3ccccc3C3(c4ccccc4-c4ccc(-c5nc(-c6cccc(-c7ccccc7)c6)cc(-c6cccc7c6oc6ccccc67)n5)cc43)c3ccccc3C2C=C1. The van der Waals surface area contributed by atoms with Crippen molar-refractivity contribution in [1.82, 2.24) is 9.97 Å². The first-order valence-electron chi connectivity index (χ1n) is 21.5. The Hall–Kier alpha value is -7.88. The second-order valence-corrected chi connectivity index (χ2v) is 16.7. The largest absolute Gasteiger partial charge is 0.455 e. The summed E-state index contributed by atoms with van der Waals surface area (Å²) in [4.78, 5) is 11.0. The molecule has 3 heteroatoms. The van der Waals surface area contributed by atoms with Gasteiger partial charge in [-0.3, -0.25) is 0 Å². The van der Waals surface area contributed by atoms with Crippen LogP contribution in [0.2, 0.25) is 0 Å². The van der Waals surface area contributed by atoms with Gasteiger partial charge in [0.05, 0.1) is 16.8 Å². The molecule has 0 bridgehead atoms. The lowest BCUT2D eigenvalue weighted by Crippen LogP contribution is -2.30. The van der Waals surface area contributed by atoms with E-state index in [9.17, 15) is 0 Å². The maximum Gasteiger partial charge on any atom is 0.160 e. The molecule has 0 saturated heterocycles. The van der Waals surface area contributed by atoms with Crippen LogP contribution in [0, 0.1) is 0 Å². The molecule has 2 aromatic heterocycles. The third-order valence-corrected chi connectivity index (χ3v) is 13.6. The standard InChI is InChI=1S/C59H38N2O/c1-2-16-37(17-3-1)38-18-14-19-39(34-38)54-36-55(49-27-15-26-48-47-25-9-13-31-56(47)62-57(48)49)61-58(60-54)40-32-33-46-45-24-8-12-30-52(45)59(53(46)35-40)50-28-10-6-22-43(50)41-20-4-5-21-42(41)44-23-7-11-29-51(44)59/h1-36,41-42H. The maximum absolute atomic E-state index is 6.63. The zero-order chi connectivity index (χ0) is 40.8.